The number of carbonyl (C=O) groups excluding carboxylic acids is 2. The second-order valence-electron chi connectivity index (χ2n) is 9.95. The third kappa shape index (κ3) is 4.97. The number of benzene rings is 1. The smallest absolute Gasteiger partial charge is 0.261 e. The van der Waals surface area contributed by atoms with Crippen molar-refractivity contribution in [3.05, 3.63) is 40.4 Å². The number of amides is 2. The minimum Gasteiger partial charge on any atom is -0.353 e. The molecular formula is C26H34N4O3. The zero-order chi connectivity index (χ0) is 22.8. The number of rotatable bonds is 6. The highest BCUT2D eigenvalue weighted by Crippen LogP contribution is 2.35. The second kappa shape index (κ2) is 9.65. The van der Waals surface area contributed by atoms with Crippen LogP contribution in [-0.2, 0) is 16.0 Å². The first-order chi connectivity index (χ1) is 16.1. The van der Waals surface area contributed by atoms with Crippen molar-refractivity contribution in [2.45, 2.75) is 82.7 Å². The Hall–Kier alpha value is -2.70. The molecule has 1 aromatic carbocycles. The molecule has 1 saturated heterocycles. The van der Waals surface area contributed by atoms with Crippen molar-refractivity contribution in [1.29, 1.82) is 0 Å². The van der Waals surface area contributed by atoms with Crippen molar-refractivity contribution in [3.8, 4) is 0 Å². The molecule has 0 atom stereocenters. The highest BCUT2D eigenvalue weighted by Gasteiger charge is 2.30. The van der Waals surface area contributed by atoms with Crippen molar-refractivity contribution in [2.75, 3.05) is 13.1 Å². The average Bonchev–Trinajstić information content (AvgIpc) is 3.68. The van der Waals surface area contributed by atoms with E-state index in [1.54, 1.807) is 0 Å². The molecule has 5 rings (SSSR count). The molecule has 1 N–H and O–H groups in total. The maximum absolute atomic E-state index is 13.0. The summed E-state index contributed by atoms with van der Waals surface area (Å²) in [6, 6.07) is 7.77. The summed E-state index contributed by atoms with van der Waals surface area (Å²) in [5.74, 6) is 1.24. The number of likely N-dealkylation sites (tertiary alicyclic amines) is 1. The summed E-state index contributed by atoms with van der Waals surface area (Å²) in [6.07, 6.45) is 10.1. The van der Waals surface area contributed by atoms with E-state index >= 15 is 0 Å². The van der Waals surface area contributed by atoms with E-state index in [-0.39, 0.29) is 29.5 Å². The Morgan fingerprint density at radius 2 is 1.70 bits per heavy atom. The number of nitrogens with one attached hydrogen (secondary N) is 1. The van der Waals surface area contributed by atoms with Crippen LogP contribution in [0.15, 0.2) is 29.1 Å². The van der Waals surface area contributed by atoms with Crippen LogP contribution in [0.5, 0.6) is 0 Å². The highest BCUT2D eigenvalue weighted by molar-refractivity contribution is 5.79. The number of aromatic nitrogens is 2. The molecule has 2 saturated carbocycles. The summed E-state index contributed by atoms with van der Waals surface area (Å²) < 4.78 is 1.81. The van der Waals surface area contributed by atoms with E-state index in [0.717, 1.165) is 51.6 Å². The zero-order valence-corrected chi connectivity index (χ0v) is 19.3. The maximum atomic E-state index is 13.0. The Labute approximate surface area is 194 Å². The molecule has 1 aromatic heterocycles. The number of hydrogen-bond acceptors (Lipinski definition) is 4. The summed E-state index contributed by atoms with van der Waals surface area (Å²) >= 11 is 0. The van der Waals surface area contributed by atoms with E-state index in [1.807, 2.05) is 33.7 Å². The van der Waals surface area contributed by atoms with Crippen LogP contribution >= 0.6 is 0 Å². The van der Waals surface area contributed by atoms with Gasteiger partial charge in [0.2, 0.25) is 11.8 Å². The van der Waals surface area contributed by atoms with E-state index in [4.69, 9.17) is 4.98 Å². The summed E-state index contributed by atoms with van der Waals surface area (Å²) in [7, 11) is 0. The second-order valence-corrected chi connectivity index (χ2v) is 9.95. The van der Waals surface area contributed by atoms with Crippen molar-refractivity contribution >= 4 is 22.7 Å². The normalized spacial score (nSPS) is 20.2. The first kappa shape index (κ1) is 22.1. The van der Waals surface area contributed by atoms with Crippen LogP contribution < -0.4 is 10.9 Å². The highest BCUT2D eigenvalue weighted by atomic mass is 16.2. The molecule has 0 unspecified atom stereocenters. The fraction of sp³-hybridized carbons (Fsp3) is 0.615. The molecule has 2 amide bonds. The van der Waals surface area contributed by atoms with Crippen LogP contribution in [0, 0.1) is 5.92 Å². The molecule has 2 aromatic rings. The van der Waals surface area contributed by atoms with Crippen molar-refractivity contribution < 1.29 is 9.59 Å². The molecule has 0 radical (unpaired) electrons. The number of fused-ring (bicyclic) bond motifs is 1. The Morgan fingerprint density at radius 1 is 0.970 bits per heavy atom. The Bertz CT molecular complexity index is 1080. The van der Waals surface area contributed by atoms with Gasteiger partial charge in [-0.1, -0.05) is 31.4 Å². The first-order valence-corrected chi connectivity index (χ1v) is 12.7. The van der Waals surface area contributed by atoms with Crippen LogP contribution in [0.3, 0.4) is 0 Å². The largest absolute Gasteiger partial charge is 0.353 e. The molecule has 3 fully saturated rings. The van der Waals surface area contributed by atoms with Crippen LogP contribution in [0.2, 0.25) is 0 Å². The van der Waals surface area contributed by atoms with Crippen molar-refractivity contribution in [3.63, 3.8) is 0 Å². The van der Waals surface area contributed by atoms with Gasteiger partial charge in [0.1, 0.15) is 5.82 Å². The maximum Gasteiger partial charge on any atom is 0.261 e. The molecule has 7 heteroatoms. The lowest BCUT2D eigenvalue weighted by atomic mass is 9.87. The molecule has 3 aliphatic rings. The SMILES string of the molecule is O=C(CCc1nc2ccccc2c(=O)n1C1CC1)NC1CCN(C(=O)C2CCCCC2)CC1. The molecule has 176 valence electrons. The first-order valence-electron chi connectivity index (χ1n) is 12.7. The Morgan fingerprint density at radius 3 is 2.42 bits per heavy atom. The topological polar surface area (TPSA) is 84.3 Å². The molecule has 1 aliphatic heterocycles. The third-order valence-electron chi connectivity index (χ3n) is 7.49. The monoisotopic (exact) mass is 450 g/mol. The van der Waals surface area contributed by atoms with Crippen LogP contribution in [-0.4, -0.2) is 45.4 Å². The average molecular weight is 451 g/mol. The van der Waals surface area contributed by atoms with Crippen LogP contribution in [0.25, 0.3) is 10.9 Å². The minimum absolute atomic E-state index is 0.00295. The lowest BCUT2D eigenvalue weighted by Gasteiger charge is -2.35. The molecule has 0 spiro atoms. The standard InChI is InChI=1S/C26H34N4O3/c31-24(27-19-14-16-29(17-15-19)25(32)18-6-2-1-3-7-18)13-12-23-28-22-9-5-4-8-21(22)26(33)30(23)20-10-11-20/h4-5,8-9,18-20H,1-3,6-7,10-17H2,(H,27,31). The number of hydrogen-bond donors (Lipinski definition) is 1. The van der Waals surface area contributed by atoms with Crippen LogP contribution in [0.1, 0.15) is 76.1 Å². The van der Waals surface area contributed by atoms with Gasteiger partial charge in [-0.25, -0.2) is 4.98 Å². The Balaban J connectivity index is 1.15. The summed E-state index contributed by atoms with van der Waals surface area (Å²) in [5.41, 5.74) is 0.707. The van der Waals surface area contributed by atoms with E-state index in [1.165, 1.54) is 19.3 Å². The lowest BCUT2D eigenvalue weighted by molar-refractivity contribution is -0.137. The van der Waals surface area contributed by atoms with E-state index < -0.39 is 0 Å². The lowest BCUT2D eigenvalue weighted by Crippen LogP contribution is -2.48. The van der Waals surface area contributed by atoms with E-state index in [0.29, 0.717) is 35.5 Å². The molecular weight excluding hydrogens is 416 g/mol. The fourth-order valence-corrected chi connectivity index (χ4v) is 5.45. The summed E-state index contributed by atoms with van der Waals surface area (Å²) in [6.45, 7) is 1.46. The number of para-hydroxylation sites is 1. The van der Waals surface area contributed by atoms with Gasteiger partial charge in [-0.15, -0.1) is 0 Å². The van der Waals surface area contributed by atoms with Crippen molar-refractivity contribution in [2.24, 2.45) is 5.92 Å². The number of nitrogens with zero attached hydrogens (tertiary/aromatic N) is 3. The van der Waals surface area contributed by atoms with Gasteiger partial charge in [0.05, 0.1) is 10.9 Å². The van der Waals surface area contributed by atoms with Crippen LogP contribution in [0.4, 0.5) is 0 Å². The van der Waals surface area contributed by atoms with E-state index in [2.05, 4.69) is 5.32 Å². The van der Waals surface area contributed by atoms with Crippen molar-refractivity contribution in [1.82, 2.24) is 19.8 Å². The van der Waals surface area contributed by atoms with Gasteiger partial charge in [-0.05, 0) is 50.7 Å². The fourth-order valence-electron chi connectivity index (χ4n) is 5.45. The number of carbonyl (C=O) groups is 2. The summed E-state index contributed by atoms with van der Waals surface area (Å²) in [4.78, 5) is 45.2. The van der Waals surface area contributed by atoms with Gasteiger partial charge in [-0.3, -0.25) is 19.0 Å². The number of aryl methyl sites for hydroxylation is 1. The Kier molecular flexibility index (Phi) is 6.47. The molecule has 0 bridgehead atoms. The predicted octanol–water partition coefficient (Wildman–Crippen LogP) is 3.35. The van der Waals surface area contributed by atoms with Gasteiger partial charge >= 0.3 is 0 Å². The van der Waals surface area contributed by atoms with Gasteiger partial charge in [0, 0.05) is 43.9 Å². The minimum atomic E-state index is -0.00295. The number of piperidine rings is 1. The third-order valence-corrected chi connectivity index (χ3v) is 7.49. The van der Waals surface area contributed by atoms with Gasteiger partial charge in [0.15, 0.2) is 0 Å². The molecule has 2 heterocycles. The quantitative estimate of drug-likeness (QED) is 0.732. The van der Waals surface area contributed by atoms with Gasteiger partial charge in [-0.2, -0.15) is 0 Å². The van der Waals surface area contributed by atoms with E-state index in [9.17, 15) is 14.4 Å². The molecule has 33 heavy (non-hydrogen) atoms. The summed E-state index contributed by atoms with van der Waals surface area (Å²) in [5, 5.41) is 3.80. The molecule has 2 aliphatic carbocycles. The zero-order valence-electron chi connectivity index (χ0n) is 19.3. The predicted molar refractivity (Wildman–Crippen MR) is 127 cm³/mol. The van der Waals surface area contributed by atoms with Gasteiger partial charge in [0.25, 0.3) is 5.56 Å². The van der Waals surface area contributed by atoms with Gasteiger partial charge < -0.3 is 10.2 Å². The molecule has 7 nitrogen and oxygen atoms in total.